The second-order valence-electron chi connectivity index (χ2n) is 5.57. The van der Waals surface area contributed by atoms with E-state index in [1.54, 1.807) is 55.7 Å². The largest absolute Gasteiger partial charge is 0.497 e. The first-order chi connectivity index (χ1) is 13.6. The Kier molecular flexibility index (Phi) is 6.29. The number of esters is 1. The number of methoxy groups -OCH3 is 2. The molecule has 1 heterocycles. The summed E-state index contributed by atoms with van der Waals surface area (Å²) in [5.41, 5.74) is 1.46. The van der Waals surface area contributed by atoms with Crippen LogP contribution in [0, 0.1) is 0 Å². The highest BCUT2D eigenvalue weighted by molar-refractivity contribution is 6.30. The van der Waals surface area contributed by atoms with Crippen LogP contribution in [0.25, 0.3) is 17.5 Å². The lowest BCUT2D eigenvalue weighted by molar-refractivity contribution is -0.139. The van der Waals surface area contributed by atoms with Gasteiger partial charge < -0.3 is 18.7 Å². The molecule has 0 aliphatic carbocycles. The van der Waals surface area contributed by atoms with Crippen LogP contribution < -0.4 is 9.47 Å². The number of hydrogen-bond acceptors (Lipinski definition) is 7. The predicted octanol–water partition coefficient (Wildman–Crippen LogP) is 4.16. The third kappa shape index (κ3) is 4.89. The van der Waals surface area contributed by atoms with Gasteiger partial charge in [-0.1, -0.05) is 28.9 Å². The number of ether oxygens (including phenoxy) is 3. The summed E-state index contributed by atoms with van der Waals surface area (Å²) >= 11 is 5.82. The van der Waals surface area contributed by atoms with Crippen molar-refractivity contribution in [1.82, 2.24) is 10.1 Å². The lowest BCUT2D eigenvalue weighted by Crippen LogP contribution is -2.01. The Morgan fingerprint density at radius 1 is 1.14 bits per heavy atom. The maximum absolute atomic E-state index is 11.8. The molecule has 0 spiro atoms. The molecular weight excluding hydrogens is 384 g/mol. The van der Waals surface area contributed by atoms with E-state index in [9.17, 15) is 4.79 Å². The number of aromatic nitrogens is 2. The van der Waals surface area contributed by atoms with Crippen molar-refractivity contribution in [2.45, 2.75) is 6.61 Å². The van der Waals surface area contributed by atoms with Crippen LogP contribution in [0.4, 0.5) is 0 Å². The molecule has 0 N–H and O–H groups in total. The minimum atomic E-state index is -0.531. The van der Waals surface area contributed by atoms with Gasteiger partial charge in [-0.05, 0) is 35.9 Å². The van der Waals surface area contributed by atoms with E-state index in [0.29, 0.717) is 27.9 Å². The number of nitrogens with zero attached hydrogens (tertiary/aromatic N) is 2. The molecule has 0 saturated carbocycles. The molecule has 0 bridgehead atoms. The van der Waals surface area contributed by atoms with E-state index in [1.165, 1.54) is 13.2 Å². The number of carbonyl (C=O) groups is 1. The Balaban J connectivity index is 1.62. The van der Waals surface area contributed by atoms with Gasteiger partial charge in [0.2, 0.25) is 5.82 Å². The lowest BCUT2D eigenvalue weighted by Gasteiger charge is -2.07. The van der Waals surface area contributed by atoms with Crippen molar-refractivity contribution in [1.29, 1.82) is 0 Å². The third-order valence-electron chi connectivity index (χ3n) is 3.74. The molecule has 0 atom stereocenters. The van der Waals surface area contributed by atoms with Crippen molar-refractivity contribution in [3.8, 4) is 22.9 Å². The molecule has 8 heteroatoms. The van der Waals surface area contributed by atoms with Crippen molar-refractivity contribution >= 4 is 23.6 Å². The molecule has 3 rings (SSSR count). The molecule has 0 aliphatic heterocycles. The fourth-order valence-corrected chi connectivity index (χ4v) is 2.45. The van der Waals surface area contributed by atoms with Gasteiger partial charge in [0, 0.05) is 17.2 Å². The molecule has 2 aromatic carbocycles. The quantitative estimate of drug-likeness (QED) is 0.434. The van der Waals surface area contributed by atoms with E-state index in [-0.39, 0.29) is 12.5 Å². The molecule has 0 amide bonds. The van der Waals surface area contributed by atoms with Gasteiger partial charge in [-0.3, -0.25) is 0 Å². The van der Waals surface area contributed by atoms with Gasteiger partial charge in [0.1, 0.15) is 11.5 Å². The van der Waals surface area contributed by atoms with E-state index in [4.69, 9.17) is 30.3 Å². The van der Waals surface area contributed by atoms with Crippen molar-refractivity contribution < 1.29 is 23.5 Å². The molecule has 0 aliphatic rings. The first-order valence-corrected chi connectivity index (χ1v) is 8.62. The number of halogens is 1. The molecule has 1 aromatic heterocycles. The van der Waals surface area contributed by atoms with Crippen LogP contribution in [0.15, 0.2) is 53.1 Å². The molecular formula is C20H17ClN2O5. The molecule has 144 valence electrons. The third-order valence-corrected chi connectivity index (χ3v) is 3.99. The van der Waals surface area contributed by atoms with Gasteiger partial charge in [-0.25, -0.2) is 4.79 Å². The Morgan fingerprint density at radius 3 is 2.64 bits per heavy atom. The first-order valence-electron chi connectivity index (χ1n) is 8.24. The number of benzene rings is 2. The van der Waals surface area contributed by atoms with Crippen LogP contribution in [-0.2, 0) is 16.1 Å². The van der Waals surface area contributed by atoms with Gasteiger partial charge in [0.05, 0.1) is 19.8 Å². The number of rotatable bonds is 7. The summed E-state index contributed by atoms with van der Waals surface area (Å²) < 4.78 is 20.7. The van der Waals surface area contributed by atoms with Crippen molar-refractivity contribution in [2.24, 2.45) is 0 Å². The molecule has 0 unspecified atom stereocenters. The van der Waals surface area contributed by atoms with Gasteiger partial charge in [0.25, 0.3) is 5.89 Å². The average molecular weight is 401 g/mol. The van der Waals surface area contributed by atoms with Gasteiger partial charge >= 0.3 is 5.97 Å². The molecule has 7 nitrogen and oxygen atoms in total. The Morgan fingerprint density at radius 2 is 1.93 bits per heavy atom. The Hall–Kier alpha value is -3.32. The number of carbonyl (C=O) groups excluding carboxylic acids is 1. The summed E-state index contributed by atoms with van der Waals surface area (Å²) in [5, 5.41) is 4.53. The molecule has 3 aromatic rings. The van der Waals surface area contributed by atoms with Crippen molar-refractivity contribution in [3.63, 3.8) is 0 Å². The fourth-order valence-electron chi connectivity index (χ4n) is 2.33. The molecule has 0 fully saturated rings. The zero-order valence-corrected chi connectivity index (χ0v) is 16.0. The standard InChI is InChI=1S/C20H17ClN2O5/c1-25-15-8-9-16(17(11-15)26-2)20-22-18(28-23-20)12-27-19(24)10-5-13-3-6-14(21)7-4-13/h3-11H,12H2,1-2H3/b10-5+. The summed E-state index contributed by atoms with van der Waals surface area (Å²) in [6.07, 6.45) is 2.94. The molecule has 0 radical (unpaired) electrons. The SMILES string of the molecule is COc1ccc(-c2noc(COC(=O)/C=C/c3ccc(Cl)cc3)n2)c(OC)c1. The van der Waals surface area contributed by atoms with E-state index < -0.39 is 5.97 Å². The summed E-state index contributed by atoms with van der Waals surface area (Å²) in [5.74, 6) is 1.14. The van der Waals surface area contributed by atoms with Gasteiger partial charge in [0.15, 0.2) is 6.61 Å². The van der Waals surface area contributed by atoms with Crippen LogP contribution >= 0.6 is 11.6 Å². The number of hydrogen-bond donors (Lipinski definition) is 0. The highest BCUT2D eigenvalue weighted by Crippen LogP contribution is 2.31. The summed E-state index contributed by atoms with van der Waals surface area (Å²) in [6, 6.07) is 12.3. The fraction of sp³-hybridized carbons (Fsp3) is 0.150. The highest BCUT2D eigenvalue weighted by atomic mass is 35.5. The first kappa shape index (κ1) is 19.4. The minimum Gasteiger partial charge on any atom is -0.497 e. The monoisotopic (exact) mass is 400 g/mol. The average Bonchev–Trinajstić information content (AvgIpc) is 3.20. The predicted molar refractivity (Wildman–Crippen MR) is 103 cm³/mol. The van der Waals surface area contributed by atoms with Gasteiger partial charge in [-0.2, -0.15) is 4.98 Å². The van der Waals surface area contributed by atoms with Crippen LogP contribution in [0.5, 0.6) is 11.5 Å². The van der Waals surface area contributed by atoms with E-state index >= 15 is 0 Å². The Labute approximate surface area is 166 Å². The zero-order chi connectivity index (χ0) is 19.9. The van der Waals surface area contributed by atoms with E-state index in [0.717, 1.165) is 5.56 Å². The van der Waals surface area contributed by atoms with Crippen LogP contribution in [-0.4, -0.2) is 30.3 Å². The minimum absolute atomic E-state index is 0.144. The second kappa shape index (κ2) is 9.05. The van der Waals surface area contributed by atoms with Crippen LogP contribution in [0.2, 0.25) is 5.02 Å². The second-order valence-corrected chi connectivity index (χ2v) is 6.01. The maximum atomic E-state index is 11.8. The van der Waals surface area contributed by atoms with E-state index in [2.05, 4.69) is 10.1 Å². The normalized spacial score (nSPS) is 10.8. The summed E-state index contributed by atoms with van der Waals surface area (Å²) in [4.78, 5) is 16.1. The van der Waals surface area contributed by atoms with Gasteiger partial charge in [-0.15, -0.1) is 0 Å². The van der Waals surface area contributed by atoms with Crippen LogP contribution in [0.3, 0.4) is 0 Å². The molecule has 28 heavy (non-hydrogen) atoms. The topological polar surface area (TPSA) is 83.7 Å². The van der Waals surface area contributed by atoms with Crippen molar-refractivity contribution in [2.75, 3.05) is 14.2 Å². The smallest absolute Gasteiger partial charge is 0.331 e. The van der Waals surface area contributed by atoms with Crippen molar-refractivity contribution in [3.05, 3.63) is 65.0 Å². The van der Waals surface area contributed by atoms with Crippen LogP contribution in [0.1, 0.15) is 11.5 Å². The lowest BCUT2D eigenvalue weighted by atomic mass is 10.2. The maximum Gasteiger partial charge on any atom is 0.331 e. The summed E-state index contributed by atoms with van der Waals surface area (Å²) in [7, 11) is 3.10. The summed E-state index contributed by atoms with van der Waals surface area (Å²) in [6.45, 7) is -0.144. The molecule has 0 saturated heterocycles. The highest BCUT2D eigenvalue weighted by Gasteiger charge is 2.15. The Bertz CT molecular complexity index is 983. The van der Waals surface area contributed by atoms with E-state index in [1.807, 2.05) is 0 Å². The zero-order valence-electron chi connectivity index (χ0n) is 15.2.